The highest BCUT2D eigenvalue weighted by Gasteiger charge is 2.29. The molecular formula is C19H14N2O3. The molecule has 1 heterocycles. The number of carbonyl (C=O) groups excluding carboxylic acids is 2. The van der Waals surface area contributed by atoms with Crippen molar-refractivity contribution >= 4 is 17.6 Å². The molecule has 118 valence electrons. The third-order valence-electron chi connectivity index (χ3n) is 3.72. The van der Waals surface area contributed by atoms with Gasteiger partial charge in [-0.25, -0.2) is 4.79 Å². The summed E-state index contributed by atoms with van der Waals surface area (Å²) in [7, 11) is 0. The van der Waals surface area contributed by atoms with Crippen LogP contribution in [0.4, 0.5) is 0 Å². The van der Waals surface area contributed by atoms with Crippen LogP contribution in [0.3, 0.4) is 0 Å². The molecule has 1 amide bonds. The van der Waals surface area contributed by atoms with Gasteiger partial charge in [0.05, 0.1) is 12.3 Å². The Hall–Kier alpha value is -3.39. The molecule has 0 saturated carbocycles. The molecule has 5 heteroatoms. The lowest BCUT2D eigenvalue weighted by Gasteiger charge is -2.06. The number of amides is 1. The van der Waals surface area contributed by atoms with Gasteiger partial charge in [0.15, 0.2) is 5.57 Å². The zero-order valence-electron chi connectivity index (χ0n) is 13.0. The maximum absolute atomic E-state index is 12.3. The molecule has 2 aromatic carbocycles. The van der Waals surface area contributed by atoms with E-state index in [-0.39, 0.29) is 23.8 Å². The van der Waals surface area contributed by atoms with E-state index >= 15 is 0 Å². The number of ether oxygens (including phenoxy) is 1. The van der Waals surface area contributed by atoms with Crippen LogP contribution < -0.4 is 5.32 Å². The lowest BCUT2D eigenvalue weighted by atomic mass is 9.98. The summed E-state index contributed by atoms with van der Waals surface area (Å²) in [5.41, 5.74) is 2.84. The molecule has 5 nitrogen and oxygen atoms in total. The maximum Gasteiger partial charge on any atom is 0.351 e. The number of hydrogen-bond acceptors (Lipinski definition) is 4. The predicted octanol–water partition coefficient (Wildman–Crippen LogP) is 2.89. The Balaban J connectivity index is 2.10. The minimum absolute atomic E-state index is 0.158. The first-order valence-corrected chi connectivity index (χ1v) is 7.48. The van der Waals surface area contributed by atoms with Crippen molar-refractivity contribution in [1.82, 2.24) is 5.32 Å². The van der Waals surface area contributed by atoms with Gasteiger partial charge >= 0.3 is 5.97 Å². The molecule has 1 N–H and O–H groups in total. The van der Waals surface area contributed by atoms with Crippen LogP contribution in [0.2, 0.25) is 0 Å². The SMILES string of the molecule is CCOC(=O)/C(C#N)=C1\NC(=O)c2cc(-c3ccccc3)ccc21. The molecule has 0 radical (unpaired) electrons. The van der Waals surface area contributed by atoms with Gasteiger partial charge in [0, 0.05) is 11.1 Å². The smallest absolute Gasteiger partial charge is 0.351 e. The predicted molar refractivity (Wildman–Crippen MR) is 88.5 cm³/mol. The Morgan fingerprint density at radius 2 is 1.88 bits per heavy atom. The largest absolute Gasteiger partial charge is 0.462 e. The zero-order chi connectivity index (χ0) is 17.1. The number of nitrogens with one attached hydrogen (secondary N) is 1. The van der Waals surface area contributed by atoms with Gasteiger partial charge in [-0.2, -0.15) is 5.26 Å². The van der Waals surface area contributed by atoms with Crippen LogP contribution in [0, 0.1) is 11.3 Å². The van der Waals surface area contributed by atoms with Gasteiger partial charge in [0.2, 0.25) is 0 Å². The van der Waals surface area contributed by atoms with Crippen LogP contribution in [0.5, 0.6) is 0 Å². The minimum atomic E-state index is -0.740. The van der Waals surface area contributed by atoms with E-state index in [1.54, 1.807) is 19.1 Å². The summed E-state index contributed by atoms with van der Waals surface area (Å²) in [6, 6.07) is 16.8. The lowest BCUT2D eigenvalue weighted by molar-refractivity contribution is -0.137. The third kappa shape index (κ3) is 2.66. The quantitative estimate of drug-likeness (QED) is 0.536. The fourth-order valence-corrected chi connectivity index (χ4v) is 2.61. The van der Waals surface area contributed by atoms with E-state index in [4.69, 9.17) is 4.74 Å². The van der Waals surface area contributed by atoms with E-state index < -0.39 is 5.97 Å². The van der Waals surface area contributed by atoms with Crippen molar-refractivity contribution in [3.8, 4) is 17.2 Å². The first-order chi connectivity index (χ1) is 11.7. The average Bonchev–Trinajstić information content (AvgIpc) is 2.93. The molecule has 0 unspecified atom stereocenters. The molecule has 0 fully saturated rings. The van der Waals surface area contributed by atoms with Crippen molar-refractivity contribution in [3.63, 3.8) is 0 Å². The number of nitriles is 1. The Bertz CT molecular complexity index is 893. The molecule has 24 heavy (non-hydrogen) atoms. The van der Waals surface area contributed by atoms with Gasteiger partial charge in [-0.1, -0.05) is 42.5 Å². The Kier molecular flexibility index (Phi) is 4.13. The lowest BCUT2D eigenvalue weighted by Crippen LogP contribution is -2.17. The molecule has 0 bridgehead atoms. The molecule has 3 rings (SSSR count). The Labute approximate surface area is 139 Å². The molecule has 0 aliphatic carbocycles. The van der Waals surface area contributed by atoms with E-state index in [0.717, 1.165) is 11.1 Å². The first kappa shape index (κ1) is 15.5. The van der Waals surface area contributed by atoms with Gasteiger partial charge in [0.25, 0.3) is 5.91 Å². The second-order valence-electron chi connectivity index (χ2n) is 5.16. The highest BCUT2D eigenvalue weighted by molar-refractivity contribution is 6.15. The van der Waals surface area contributed by atoms with E-state index in [1.807, 2.05) is 42.5 Å². The molecule has 1 aliphatic rings. The molecule has 1 aliphatic heterocycles. The van der Waals surface area contributed by atoms with E-state index in [1.165, 1.54) is 0 Å². The number of hydrogen-bond donors (Lipinski definition) is 1. The Morgan fingerprint density at radius 1 is 1.12 bits per heavy atom. The summed E-state index contributed by atoms with van der Waals surface area (Å²) in [4.78, 5) is 24.2. The van der Waals surface area contributed by atoms with Gasteiger partial charge in [-0.3, -0.25) is 4.79 Å². The zero-order valence-corrected chi connectivity index (χ0v) is 13.0. The third-order valence-corrected chi connectivity index (χ3v) is 3.72. The number of esters is 1. The topological polar surface area (TPSA) is 79.2 Å². The molecule has 0 aromatic heterocycles. The second-order valence-corrected chi connectivity index (χ2v) is 5.16. The van der Waals surface area contributed by atoms with Crippen LogP contribution >= 0.6 is 0 Å². The monoisotopic (exact) mass is 318 g/mol. The van der Waals surface area contributed by atoms with Crippen LogP contribution in [0.25, 0.3) is 16.8 Å². The normalized spacial score (nSPS) is 14.4. The molecule has 0 atom stereocenters. The number of carbonyl (C=O) groups is 2. The molecule has 0 spiro atoms. The van der Waals surface area contributed by atoms with Crippen molar-refractivity contribution in [3.05, 3.63) is 65.2 Å². The van der Waals surface area contributed by atoms with Crippen LogP contribution in [0.15, 0.2) is 54.1 Å². The molecule has 2 aromatic rings. The summed E-state index contributed by atoms with van der Waals surface area (Å²) in [6.07, 6.45) is 0. The summed E-state index contributed by atoms with van der Waals surface area (Å²) in [6.45, 7) is 1.82. The van der Waals surface area contributed by atoms with Crippen molar-refractivity contribution < 1.29 is 14.3 Å². The van der Waals surface area contributed by atoms with Gasteiger partial charge in [-0.05, 0) is 24.1 Å². The van der Waals surface area contributed by atoms with Crippen LogP contribution in [0.1, 0.15) is 22.8 Å². The molecular weight excluding hydrogens is 304 g/mol. The number of nitrogens with zero attached hydrogens (tertiary/aromatic N) is 1. The van der Waals surface area contributed by atoms with Gasteiger partial charge in [0.1, 0.15) is 6.07 Å². The van der Waals surface area contributed by atoms with E-state index in [9.17, 15) is 14.9 Å². The standard InChI is InChI=1S/C19H14N2O3/c1-2-24-19(23)16(11-20)17-14-9-8-13(10-15(14)18(22)21-17)12-6-4-3-5-7-12/h3-10H,2H2,1H3,(H,21,22)/b17-16-. The maximum atomic E-state index is 12.3. The molecule has 0 saturated heterocycles. The minimum Gasteiger partial charge on any atom is -0.462 e. The van der Waals surface area contributed by atoms with E-state index in [0.29, 0.717) is 11.1 Å². The summed E-state index contributed by atoms with van der Waals surface area (Å²) < 4.78 is 4.88. The van der Waals surface area contributed by atoms with Gasteiger partial charge < -0.3 is 10.1 Å². The summed E-state index contributed by atoms with van der Waals surface area (Å²) >= 11 is 0. The van der Waals surface area contributed by atoms with Crippen molar-refractivity contribution in [2.75, 3.05) is 6.61 Å². The summed E-state index contributed by atoms with van der Waals surface area (Å²) in [5.74, 6) is -1.08. The second kappa shape index (κ2) is 6.39. The van der Waals surface area contributed by atoms with Crippen LogP contribution in [-0.4, -0.2) is 18.5 Å². The highest BCUT2D eigenvalue weighted by Crippen LogP contribution is 2.31. The average molecular weight is 318 g/mol. The van der Waals surface area contributed by atoms with Gasteiger partial charge in [-0.15, -0.1) is 0 Å². The van der Waals surface area contributed by atoms with Crippen molar-refractivity contribution in [2.24, 2.45) is 0 Å². The number of benzene rings is 2. The Morgan fingerprint density at radius 3 is 2.54 bits per heavy atom. The van der Waals surface area contributed by atoms with E-state index in [2.05, 4.69) is 5.32 Å². The van der Waals surface area contributed by atoms with Crippen molar-refractivity contribution in [1.29, 1.82) is 5.26 Å². The number of fused-ring (bicyclic) bond motifs is 1. The highest BCUT2D eigenvalue weighted by atomic mass is 16.5. The fraction of sp³-hybridized carbons (Fsp3) is 0.105. The fourth-order valence-electron chi connectivity index (χ4n) is 2.61. The van der Waals surface area contributed by atoms with Crippen LogP contribution in [-0.2, 0) is 9.53 Å². The van der Waals surface area contributed by atoms with Crippen molar-refractivity contribution in [2.45, 2.75) is 6.92 Å². The summed E-state index contributed by atoms with van der Waals surface area (Å²) in [5, 5.41) is 11.9. The first-order valence-electron chi connectivity index (χ1n) is 7.48. The number of rotatable bonds is 3.